The number of nitrogens with one attached hydrogen (secondary N) is 2. The van der Waals surface area contributed by atoms with Crippen molar-refractivity contribution < 1.29 is 4.74 Å². The Morgan fingerprint density at radius 3 is 2.73 bits per heavy atom. The Kier molecular flexibility index (Phi) is 5.84. The van der Waals surface area contributed by atoms with Crippen LogP contribution in [0.1, 0.15) is 11.1 Å². The number of nitrogens with zero attached hydrogens (tertiary/aromatic N) is 7. The van der Waals surface area contributed by atoms with E-state index in [1.807, 2.05) is 59.3 Å². The Balaban J connectivity index is 1.29. The van der Waals surface area contributed by atoms with Crippen molar-refractivity contribution in [3.63, 3.8) is 0 Å². The van der Waals surface area contributed by atoms with Crippen molar-refractivity contribution >= 4 is 39.4 Å². The molecule has 0 spiro atoms. The van der Waals surface area contributed by atoms with E-state index >= 15 is 0 Å². The molecule has 1 saturated heterocycles. The van der Waals surface area contributed by atoms with Crippen molar-refractivity contribution in [2.45, 2.75) is 6.54 Å². The van der Waals surface area contributed by atoms with Crippen molar-refractivity contribution in [2.75, 3.05) is 31.2 Å². The van der Waals surface area contributed by atoms with Gasteiger partial charge in [0, 0.05) is 30.5 Å². The highest BCUT2D eigenvalue weighted by Gasteiger charge is 2.19. The Morgan fingerprint density at radius 1 is 1.02 bits per heavy atom. The molecule has 40 heavy (non-hydrogen) atoms. The van der Waals surface area contributed by atoms with Crippen LogP contribution in [0, 0.1) is 11.3 Å². The van der Waals surface area contributed by atoms with Gasteiger partial charge in [0.1, 0.15) is 5.52 Å². The minimum Gasteiger partial charge on any atom is -0.378 e. The predicted molar refractivity (Wildman–Crippen MR) is 151 cm³/mol. The molecule has 7 rings (SSSR count). The van der Waals surface area contributed by atoms with Gasteiger partial charge in [0.2, 0.25) is 0 Å². The van der Waals surface area contributed by atoms with Crippen LogP contribution in [0.5, 0.6) is 0 Å². The summed E-state index contributed by atoms with van der Waals surface area (Å²) in [5.74, 6) is 0. The Bertz CT molecular complexity index is 1990. The zero-order valence-corrected chi connectivity index (χ0v) is 21.9. The quantitative estimate of drug-likeness (QED) is 0.332. The first-order chi connectivity index (χ1) is 19.6. The highest BCUT2D eigenvalue weighted by molar-refractivity contribution is 6.35. The van der Waals surface area contributed by atoms with Gasteiger partial charge < -0.3 is 19.6 Å². The molecule has 0 atom stereocenters. The van der Waals surface area contributed by atoms with E-state index in [4.69, 9.17) is 16.3 Å². The number of imidazole rings is 1. The second-order valence-electron chi connectivity index (χ2n) is 9.56. The minimum absolute atomic E-state index is 0.270. The first-order valence-corrected chi connectivity index (χ1v) is 13.1. The van der Waals surface area contributed by atoms with Gasteiger partial charge in [0.15, 0.2) is 0 Å². The lowest BCUT2D eigenvalue weighted by atomic mass is 10.1. The monoisotopic (exact) mass is 551 g/mol. The number of ether oxygens (including phenoxy) is 1. The number of benzene rings is 3. The first-order valence-electron chi connectivity index (χ1n) is 12.7. The first kappa shape index (κ1) is 24.1. The molecule has 12 heteroatoms. The largest absolute Gasteiger partial charge is 0.378 e. The molecule has 0 radical (unpaired) electrons. The Labute approximate surface area is 232 Å². The average molecular weight is 552 g/mol. The smallest absolute Gasteiger partial charge is 0.323 e. The fourth-order valence-corrected chi connectivity index (χ4v) is 5.46. The molecule has 0 amide bonds. The van der Waals surface area contributed by atoms with Crippen LogP contribution in [0.15, 0.2) is 65.6 Å². The molecule has 0 unspecified atom stereocenters. The second kappa shape index (κ2) is 9.68. The van der Waals surface area contributed by atoms with Gasteiger partial charge in [0.05, 0.1) is 64.3 Å². The number of aromatic amines is 2. The standard InChI is InChI=1S/C28H22ClN9O2/c29-21-12-19(13-26-27(21)34-35-38(26)20-3-4-22-23(14-20)33-28(39)32-22)24-5-6-31-37(24)16-18-2-1-17(15-30)11-25(18)36-7-9-40-10-8-36/h1-6,11-14H,7-10,16H2,(H2,32,33,39). The summed E-state index contributed by atoms with van der Waals surface area (Å²) >= 11 is 6.70. The number of halogens is 1. The summed E-state index contributed by atoms with van der Waals surface area (Å²) in [6, 6.07) is 19.3. The molecule has 0 saturated carbocycles. The number of hydrogen-bond acceptors (Lipinski definition) is 7. The molecule has 198 valence electrons. The number of aromatic nitrogens is 7. The molecule has 2 N–H and O–H groups in total. The van der Waals surface area contributed by atoms with Crippen LogP contribution < -0.4 is 10.6 Å². The topological polar surface area (TPSA) is 133 Å². The lowest BCUT2D eigenvalue weighted by Crippen LogP contribution is -2.37. The average Bonchev–Trinajstić information content (AvgIpc) is 3.71. The van der Waals surface area contributed by atoms with Crippen molar-refractivity contribution in [3.05, 3.63) is 87.4 Å². The van der Waals surface area contributed by atoms with Crippen LogP contribution in [0.25, 0.3) is 39.0 Å². The van der Waals surface area contributed by atoms with Crippen LogP contribution in [-0.4, -0.2) is 61.0 Å². The number of anilines is 1. The van der Waals surface area contributed by atoms with Crippen LogP contribution in [0.3, 0.4) is 0 Å². The molecule has 11 nitrogen and oxygen atoms in total. The highest BCUT2D eigenvalue weighted by Crippen LogP contribution is 2.32. The third kappa shape index (κ3) is 4.20. The van der Waals surface area contributed by atoms with E-state index in [0.717, 1.165) is 46.8 Å². The van der Waals surface area contributed by atoms with E-state index in [1.54, 1.807) is 10.9 Å². The lowest BCUT2D eigenvalue weighted by Gasteiger charge is -2.31. The van der Waals surface area contributed by atoms with E-state index in [-0.39, 0.29) is 5.69 Å². The maximum absolute atomic E-state index is 11.7. The number of hydrogen-bond donors (Lipinski definition) is 2. The molecule has 3 aromatic carbocycles. The van der Waals surface area contributed by atoms with Gasteiger partial charge in [-0.15, -0.1) is 5.10 Å². The molecular weight excluding hydrogens is 530 g/mol. The second-order valence-corrected chi connectivity index (χ2v) is 9.97. The molecule has 6 aromatic rings. The number of H-pyrrole nitrogens is 2. The summed E-state index contributed by atoms with van der Waals surface area (Å²) in [6.45, 7) is 3.33. The van der Waals surface area contributed by atoms with Crippen LogP contribution >= 0.6 is 11.6 Å². The van der Waals surface area contributed by atoms with E-state index in [0.29, 0.717) is 46.9 Å². The Morgan fingerprint density at radius 2 is 1.88 bits per heavy atom. The summed E-state index contributed by atoms with van der Waals surface area (Å²) < 4.78 is 9.16. The van der Waals surface area contributed by atoms with Gasteiger partial charge in [-0.25, -0.2) is 9.48 Å². The van der Waals surface area contributed by atoms with E-state index in [1.165, 1.54) is 0 Å². The van der Waals surface area contributed by atoms with Gasteiger partial charge in [-0.1, -0.05) is 22.9 Å². The third-order valence-corrected chi connectivity index (χ3v) is 7.44. The molecule has 3 aromatic heterocycles. The fraction of sp³-hybridized carbons (Fsp3) is 0.179. The molecule has 1 fully saturated rings. The van der Waals surface area contributed by atoms with E-state index in [9.17, 15) is 10.1 Å². The lowest BCUT2D eigenvalue weighted by molar-refractivity contribution is 0.122. The van der Waals surface area contributed by atoms with Gasteiger partial charge >= 0.3 is 5.69 Å². The maximum Gasteiger partial charge on any atom is 0.323 e. The summed E-state index contributed by atoms with van der Waals surface area (Å²) in [4.78, 5) is 19.5. The van der Waals surface area contributed by atoms with Crippen molar-refractivity contribution in [1.29, 1.82) is 5.26 Å². The van der Waals surface area contributed by atoms with Crippen molar-refractivity contribution in [3.8, 4) is 23.0 Å². The van der Waals surface area contributed by atoms with Crippen molar-refractivity contribution in [2.24, 2.45) is 0 Å². The summed E-state index contributed by atoms with van der Waals surface area (Å²) in [7, 11) is 0. The molecular formula is C28H22ClN9O2. The fourth-order valence-electron chi connectivity index (χ4n) is 5.20. The summed E-state index contributed by atoms with van der Waals surface area (Å²) in [5.41, 5.74) is 7.55. The molecule has 1 aliphatic heterocycles. The van der Waals surface area contributed by atoms with Crippen molar-refractivity contribution in [1.82, 2.24) is 34.7 Å². The molecule has 1 aliphatic rings. The highest BCUT2D eigenvalue weighted by atomic mass is 35.5. The SMILES string of the molecule is N#Cc1ccc(Cn2nccc2-c2cc(Cl)c3nnn(-c4ccc5[nH]c(=O)[nH]c5c4)c3c2)c(N2CCOCC2)c1. The van der Waals surface area contributed by atoms with E-state index in [2.05, 4.69) is 36.3 Å². The van der Waals surface area contributed by atoms with Gasteiger partial charge in [-0.05, 0) is 54.1 Å². The van der Waals surface area contributed by atoms with Crippen LogP contribution in [0.4, 0.5) is 5.69 Å². The van der Waals surface area contributed by atoms with Gasteiger partial charge in [-0.3, -0.25) is 4.68 Å². The molecule has 0 aliphatic carbocycles. The maximum atomic E-state index is 11.7. The molecule has 0 bridgehead atoms. The van der Waals surface area contributed by atoms with Gasteiger partial charge in [0.25, 0.3) is 0 Å². The number of morpholine rings is 1. The Hall–Kier alpha value is -4.92. The summed E-state index contributed by atoms with van der Waals surface area (Å²) in [5, 5.41) is 23.2. The zero-order valence-electron chi connectivity index (χ0n) is 21.1. The van der Waals surface area contributed by atoms with Gasteiger partial charge in [-0.2, -0.15) is 10.4 Å². The minimum atomic E-state index is -0.270. The van der Waals surface area contributed by atoms with Crippen LogP contribution in [0.2, 0.25) is 5.02 Å². The number of rotatable bonds is 5. The third-order valence-electron chi connectivity index (χ3n) is 7.15. The predicted octanol–water partition coefficient (Wildman–Crippen LogP) is 3.86. The number of fused-ring (bicyclic) bond motifs is 2. The number of nitriles is 1. The summed E-state index contributed by atoms with van der Waals surface area (Å²) in [6.07, 6.45) is 1.76. The zero-order chi connectivity index (χ0) is 27.2. The normalized spacial score (nSPS) is 13.8. The van der Waals surface area contributed by atoms with Crippen LogP contribution in [-0.2, 0) is 11.3 Å². The van der Waals surface area contributed by atoms with E-state index < -0.39 is 0 Å². The molecule has 4 heterocycles.